The van der Waals surface area contributed by atoms with E-state index in [0.29, 0.717) is 0 Å². The van der Waals surface area contributed by atoms with Crippen molar-refractivity contribution in [2.75, 3.05) is 31.1 Å². The van der Waals surface area contributed by atoms with Crippen LogP contribution in [0.2, 0.25) is 0 Å². The molecule has 0 bridgehead atoms. The van der Waals surface area contributed by atoms with Crippen LogP contribution < -0.4 is 4.90 Å². The number of nitrogens with zero attached hydrogens (tertiary/aromatic N) is 5. The van der Waals surface area contributed by atoms with Crippen LogP contribution in [-0.2, 0) is 13.0 Å². The lowest BCUT2D eigenvalue weighted by atomic mass is 9.91. The predicted molar refractivity (Wildman–Crippen MR) is 122 cm³/mol. The van der Waals surface area contributed by atoms with Crippen LogP contribution in [0.25, 0.3) is 22.3 Å². The van der Waals surface area contributed by atoms with Gasteiger partial charge in [0.1, 0.15) is 11.6 Å². The first-order valence-electron chi connectivity index (χ1n) is 11.8. The summed E-state index contributed by atoms with van der Waals surface area (Å²) in [5, 5.41) is 0. The fourth-order valence-electron chi connectivity index (χ4n) is 5.36. The molecular formula is C25H31N5. The molecule has 0 radical (unpaired) electrons. The fraction of sp³-hybridized carbons (Fsp3) is 0.520. The van der Waals surface area contributed by atoms with Crippen LogP contribution in [0.5, 0.6) is 0 Å². The number of piperidine rings is 1. The molecule has 5 nitrogen and oxygen atoms in total. The first-order valence-corrected chi connectivity index (χ1v) is 11.8. The second-order valence-corrected chi connectivity index (χ2v) is 9.18. The zero-order valence-electron chi connectivity index (χ0n) is 17.8. The van der Waals surface area contributed by atoms with Crippen LogP contribution in [0.1, 0.15) is 44.3 Å². The van der Waals surface area contributed by atoms with Gasteiger partial charge in [0.15, 0.2) is 0 Å². The summed E-state index contributed by atoms with van der Waals surface area (Å²) in [6.07, 6.45) is 9.13. The molecule has 5 heteroatoms. The lowest BCUT2D eigenvalue weighted by Crippen LogP contribution is -2.41. The Balaban J connectivity index is 1.28. The number of pyridine rings is 1. The average molecular weight is 402 g/mol. The molecule has 6 rings (SSSR count). The predicted octanol–water partition coefficient (Wildman–Crippen LogP) is 4.50. The van der Waals surface area contributed by atoms with Gasteiger partial charge in [-0.2, -0.15) is 0 Å². The molecular weight excluding hydrogens is 370 g/mol. The molecule has 2 aromatic heterocycles. The van der Waals surface area contributed by atoms with E-state index in [1.165, 1.54) is 55.4 Å². The van der Waals surface area contributed by atoms with E-state index in [9.17, 15) is 0 Å². The monoisotopic (exact) mass is 401 g/mol. The maximum absolute atomic E-state index is 5.05. The minimum atomic E-state index is 0.825. The van der Waals surface area contributed by atoms with Crippen molar-refractivity contribution in [1.82, 2.24) is 19.4 Å². The molecule has 0 N–H and O–H groups in total. The molecule has 3 aliphatic rings. The average Bonchev–Trinajstić information content (AvgIpc) is 2.99. The van der Waals surface area contributed by atoms with Crippen molar-refractivity contribution < 1.29 is 0 Å². The van der Waals surface area contributed by atoms with Crippen molar-refractivity contribution in [3.8, 4) is 11.3 Å². The molecule has 4 heterocycles. The van der Waals surface area contributed by atoms with E-state index >= 15 is 0 Å². The zero-order valence-corrected chi connectivity index (χ0v) is 17.8. The first kappa shape index (κ1) is 18.4. The molecule has 156 valence electrons. The molecule has 2 aliphatic heterocycles. The van der Waals surface area contributed by atoms with Crippen molar-refractivity contribution in [2.24, 2.45) is 0 Å². The molecule has 1 aliphatic carbocycles. The SMILES string of the molecule is c1cc(-c2ccc3c(c2)nc2n3CCN(C3CCC3)CC2)nc(N2CCCCC2)c1. The summed E-state index contributed by atoms with van der Waals surface area (Å²) < 4.78 is 2.45. The lowest BCUT2D eigenvalue weighted by molar-refractivity contribution is 0.130. The smallest absolute Gasteiger partial charge is 0.129 e. The molecule has 0 spiro atoms. The number of fused-ring (bicyclic) bond motifs is 3. The summed E-state index contributed by atoms with van der Waals surface area (Å²) in [6, 6.07) is 14.0. The fourth-order valence-corrected chi connectivity index (χ4v) is 5.36. The van der Waals surface area contributed by atoms with Crippen molar-refractivity contribution in [3.05, 3.63) is 42.2 Å². The van der Waals surface area contributed by atoms with Crippen LogP contribution in [0.4, 0.5) is 5.82 Å². The van der Waals surface area contributed by atoms with Gasteiger partial charge in [0.2, 0.25) is 0 Å². The van der Waals surface area contributed by atoms with E-state index in [0.717, 1.165) is 62.2 Å². The Labute approximate surface area is 178 Å². The molecule has 3 aromatic rings. The highest BCUT2D eigenvalue weighted by Crippen LogP contribution is 2.29. The Morgan fingerprint density at radius 3 is 2.53 bits per heavy atom. The van der Waals surface area contributed by atoms with Crippen LogP contribution in [-0.4, -0.2) is 51.7 Å². The third-order valence-electron chi connectivity index (χ3n) is 7.36. The number of hydrogen-bond acceptors (Lipinski definition) is 4. The van der Waals surface area contributed by atoms with Gasteiger partial charge in [0, 0.05) is 50.7 Å². The van der Waals surface area contributed by atoms with E-state index in [2.05, 4.69) is 50.8 Å². The van der Waals surface area contributed by atoms with Crippen molar-refractivity contribution >= 4 is 16.9 Å². The Morgan fingerprint density at radius 1 is 0.800 bits per heavy atom. The van der Waals surface area contributed by atoms with E-state index in [-0.39, 0.29) is 0 Å². The topological polar surface area (TPSA) is 37.2 Å². The van der Waals surface area contributed by atoms with Gasteiger partial charge >= 0.3 is 0 Å². The normalized spacial score (nSPS) is 20.7. The van der Waals surface area contributed by atoms with Gasteiger partial charge in [0.25, 0.3) is 0 Å². The van der Waals surface area contributed by atoms with E-state index in [4.69, 9.17) is 9.97 Å². The quantitative estimate of drug-likeness (QED) is 0.648. The van der Waals surface area contributed by atoms with Gasteiger partial charge < -0.3 is 9.47 Å². The van der Waals surface area contributed by atoms with Crippen molar-refractivity contribution in [1.29, 1.82) is 0 Å². The maximum Gasteiger partial charge on any atom is 0.129 e. The second kappa shape index (κ2) is 7.69. The second-order valence-electron chi connectivity index (χ2n) is 9.18. The van der Waals surface area contributed by atoms with Crippen LogP contribution >= 0.6 is 0 Å². The van der Waals surface area contributed by atoms with Crippen molar-refractivity contribution in [2.45, 2.75) is 57.5 Å². The number of imidazole rings is 1. The number of anilines is 1. The Bertz CT molecular complexity index is 1040. The van der Waals surface area contributed by atoms with Crippen LogP contribution in [0, 0.1) is 0 Å². The molecule has 0 amide bonds. The molecule has 1 saturated heterocycles. The molecule has 1 aromatic carbocycles. The summed E-state index contributed by atoms with van der Waals surface area (Å²) in [6.45, 7) is 5.62. The highest BCUT2D eigenvalue weighted by atomic mass is 15.2. The standard InChI is InChI=1S/C25H31N5/c1-2-13-29(14-3-1)24-9-5-8-21(26-24)19-10-11-23-22(18-19)27-25-12-15-28(16-17-30(23)25)20-6-4-7-20/h5,8-11,18,20H,1-4,6-7,12-17H2. The number of hydrogen-bond donors (Lipinski definition) is 0. The highest BCUT2D eigenvalue weighted by molar-refractivity contribution is 5.82. The summed E-state index contributed by atoms with van der Waals surface area (Å²) >= 11 is 0. The van der Waals surface area contributed by atoms with E-state index < -0.39 is 0 Å². The molecule has 1 saturated carbocycles. The van der Waals surface area contributed by atoms with Crippen molar-refractivity contribution in [3.63, 3.8) is 0 Å². The summed E-state index contributed by atoms with van der Waals surface area (Å²) in [7, 11) is 0. The Kier molecular flexibility index (Phi) is 4.71. The number of aromatic nitrogens is 3. The van der Waals surface area contributed by atoms with Gasteiger partial charge in [0.05, 0.1) is 16.7 Å². The minimum Gasteiger partial charge on any atom is -0.357 e. The maximum atomic E-state index is 5.05. The number of benzene rings is 1. The largest absolute Gasteiger partial charge is 0.357 e. The van der Waals surface area contributed by atoms with Crippen LogP contribution in [0.15, 0.2) is 36.4 Å². The summed E-state index contributed by atoms with van der Waals surface area (Å²) in [5.41, 5.74) is 4.62. The summed E-state index contributed by atoms with van der Waals surface area (Å²) in [5.74, 6) is 2.36. The molecule has 30 heavy (non-hydrogen) atoms. The molecule has 2 fully saturated rings. The minimum absolute atomic E-state index is 0.825. The zero-order chi connectivity index (χ0) is 19.9. The van der Waals surface area contributed by atoms with Crippen LogP contribution in [0.3, 0.4) is 0 Å². The third kappa shape index (κ3) is 3.29. The van der Waals surface area contributed by atoms with Gasteiger partial charge in [-0.1, -0.05) is 18.6 Å². The Hall–Kier alpha value is -2.40. The Morgan fingerprint density at radius 2 is 1.70 bits per heavy atom. The van der Waals surface area contributed by atoms with Gasteiger partial charge in [-0.25, -0.2) is 9.97 Å². The van der Waals surface area contributed by atoms with E-state index in [1.807, 2.05) is 0 Å². The molecule has 0 atom stereocenters. The first-order chi connectivity index (χ1) is 14.8. The van der Waals surface area contributed by atoms with Gasteiger partial charge in [-0.3, -0.25) is 4.90 Å². The van der Waals surface area contributed by atoms with E-state index in [1.54, 1.807) is 0 Å². The third-order valence-corrected chi connectivity index (χ3v) is 7.36. The lowest BCUT2D eigenvalue weighted by Gasteiger charge is -2.36. The molecule has 0 unspecified atom stereocenters. The summed E-state index contributed by atoms with van der Waals surface area (Å²) in [4.78, 5) is 15.2. The highest BCUT2D eigenvalue weighted by Gasteiger charge is 2.27. The van der Waals surface area contributed by atoms with Gasteiger partial charge in [-0.15, -0.1) is 0 Å². The van der Waals surface area contributed by atoms with Gasteiger partial charge in [-0.05, 0) is 56.4 Å². The number of rotatable bonds is 3.